The van der Waals surface area contributed by atoms with Gasteiger partial charge in [-0.25, -0.2) is 0 Å². The van der Waals surface area contributed by atoms with Crippen LogP contribution in [0, 0.1) is 0 Å². The van der Waals surface area contributed by atoms with E-state index in [1.807, 2.05) is 11.3 Å². The zero-order valence-corrected chi connectivity index (χ0v) is 16.9. The zero-order valence-electron chi connectivity index (χ0n) is 16.1. The summed E-state index contributed by atoms with van der Waals surface area (Å²) in [5, 5.41) is 9.60. The largest absolute Gasteiger partial charge is 0.493 e. The fraction of sp³-hybridized carbons (Fsp3) is 0.500. The molecule has 1 atom stereocenters. The van der Waals surface area contributed by atoms with Crippen LogP contribution < -0.4 is 4.74 Å². The third-order valence-electron chi connectivity index (χ3n) is 6.19. The average molecular weight is 400 g/mol. The van der Waals surface area contributed by atoms with Gasteiger partial charge in [-0.15, -0.1) is 11.3 Å². The number of aliphatic hydroxyl groups excluding tert-OH is 1. The monoisotopic (exact) mass is 399 g/mol. The van der Waals surface area contributed by atoms with Crippen LogP contribution in [-0.4, -0.2) is 48.3 Å². The molecule has 0 aliphatic carbocycles. The number of carbonyl (C=O) groups excluding carboxylic acids is 1. The quantitative estimate of drug-likeness (QED) is 0.843. The summed E-state index contributed by atoms with van der Waals surface area (Å²) in [5.74, 6) is 0.832. The SMILES string of the molecule is CC(O)C(=O)N1CCC2(CC1)OCCc1cc(-c3ccc4c(c3)CCO4)sc12. The number of nitrogens with zero attached hydrogens (tertiary/aromatic N) is 1. The first kappa shape index (κ1) is 18.2. The molecule has 5 nitrogen and oxygen atoms in total. The molecule has 1 amide bonds. The summed E-state index contributed by atoms with van der Waals surface area (Å²) < 4.78 is 12.0. The molecule has 1 aromatic heterocycles. The van der Waals surface area contributed by atoms with E-state index in [1.165, 1.54) is 33.4 Å². The highest BCUT2D eigenvalue weighted by molar-refractivity contribution is 7.15. The predicted molar refractivity (Wildman–Crippen MR) is 108 cm³/mol. The van der Waals surface area contributed by atoms with Crippen LogP contribution in [0.3, 0.4) is 0 Å². The summed E-state index contributed by atoms with van der Waals surface area (Å²) in [6.45, 7) is 4.30. The van der Waals surface area contributed by atoms with E-state index in [9.17, 15) is 9.90 Å². The van der Waals surface area contributed by atoms with Gasteiger partial charge in [-0.1, -0.05) is 0 Å². The maximum absolute atomic E-state index is 12.1. The van der Waals surface area contributed by atoms with Gasteiger partial charge in [0.25, 0.3) is 5.91 Å². The van der Waals surface area contributed by atoms with Gasteiger partial charge in [0.2, 0.25) is 0 Å². The molecule has 1 saturated heterocycles. The number of ether oxygens (including phenoxy) is 2. The minimum absolute atomic E-state index is 0.182. The van der Waals surface area contributed by atoms with Crippen molar-refractivity contribution in [2.24, 2.45) is 0 Å². The molecular formula is C22H25NO4S. The van der Waals surface area contributed by atoms with Crippen molar-refractivity contribution >= 4 is 17.2 Å². The number of aliphatic hydroxyl groups is 1. The van der Waals surface area contributed by atoms with Crippen molar-refractivity contribution < 1.29 is 19.4 Å². The molecule has 0 bridgehead atoms. The molecule has 148 valence electrons. The van der Waals surface area contributed by atoms with Gasteiger partial charge in [0.15, 0.2) is 0 Å². The van der Waals surface area contributed by atoms with E-state index in [1.54, 1.807) is 4.90 Å². The molecule has 5 rings (SSSR count). The number of amides is 1. The van der Waals surface area contributed by atoms with Crippen LogP contribution in [0.1, 0.15) is 35.8 Å². The highest BCUT2D eigenvalue weighted by Gasteiger charge is 2.43. The third kappa shape index (κ3) is 2.95. The first-order valence-electron chi connectivity index (χ1n) is 10.1. The average Bonchev–Trinajstić information content (AvgIpc) is 3.35. The molecule has 6 heteroatoms. The second-order valence-electron chi connectivity index (χ2n) is 7.98. The number of benzene rings is 1. The summed E-state index contributed by atoms with van der Waals surface area (Å²) in [6, 6.07) is 8.83. The Bertz CT molecular complexity index is 911. The van der Waals surface area contributed by atoms with Gasteiger partial charge in [0.05, 0.1) is 13.2 Å². The van der Waals surface area contributed by atoms with Gasteiger partial charge in [-0.2, -0.15) is 0 Å². The highest BCUT2D eigenvalue weighted by Crippen LogP contribution is 2.48. The minimum atomic E-state index is -0.936. The van der Waals surface area contributed by atoms with E-state index in [0.717, 1.165) is 44.6 Å². The Morgan fingerprint density at radius 1 is 1.18 bits per heavy atom. The summed E-state index contributed by atoms with van der Waals surface area (Å²) in [7, 11) is 0. The molecule has 4 heterocycles. The standard InChI is InChI=1S/C22H25NO4S/c1-14(24)21(25)23-8-6-22(7-9-23)20-17(5-11-27-22)13-19(28-20)16-2-3-18-15(12-16)4-10-26-18/h2-3,12-14,24H,4-11H2,1H3. The minimum Gasteiger partial charge on any atom is -0.493 e. The Hall–Kier alpha value is -1.89. The lowest BCUT2D eigenvalue weighted by Gasteiger charge is -2.44. The fourth-order valence-corrected chi connectivity index (χ4v) is 6.04. The Labute approximate surface area is 168 Å². The zero-order chi connectivity index (χ0) is 19.3. The molecule has 2 aromatic rings. The molecule has 1 unspecified atom stereocenters. The number of piperidine rings is 1. The van der Waals surface area contributed by atoms with Gasteiger partial charge in [-0.3, -0.25) is 4.79 Å². The summed E-state index contributed by atoms with van der Waals surface area (Å²) >= 11 is 1.84. The molecular weight excluding hydrogens is 374 g/mol. The molecule has 1 fully saturated rings. The van der Waals surface area contributed by atoms with Gasteiger partial charge in [0.1, 0.15) is 17.5 Å². The lowest BCUT2D eigenvalue weighted by molar-refractivity contribution is -0.147. The lowest BCUT2D eigenvalue weighted by atomic mass is 9.85. The van der Waals surface area contributed by atoms with E-state index in [0.29, 0.717) is 13.1 Å². The van der Waals surface area contributed by atoms with Crippen LogP contribution >= 0.6 is 11.3 Å². The summed E-state index contributed by atoms with van der Waals surface area (Å²) in [6.07, 6.45) is 2.56. The van der Waals surface area contributed by atoms with E-state index in [4.69, 9.17) is 9.47 Å². The summed E-state index contributed by atoms with van der Waals surface area (Å²) in [4.78, 5) is 16.5. The normalized spacial score (nSPS) is 21.1. The van der Waals surface area contributed by atoms with Crippen LogP contribution in [-0.2, 0) is 28.0 Å². The second kappa shape index (κ2) is 6.87. The molecule has 1 spiro atoms. The first-order valence-corrected chi connectivity index (χ1v) is 10.9. The van der Waals surface area contributed by atoms with Gasteiger partial charge in [0, 0.05) is 29.3 Å². The van der Waals surface area contributed by atoms with Crippen molar-refractivity contribution in [3.05, 3.63) is 40.3 Å². The number of hydrogen-bond donors (Lipinski definition) is 1. The fourth-order valence-electron chi connectivity index (χ4n) is 4.63. The highest BCUT2D eigenvalue weighted by atomic mass is 32.1. The molecule has 3 aliphatic rings. The third-order valence-corrected chi connectivity index (χ3v) is 7.60. The number of fused-ring (bicyclic) bond motifs is 3. The van der Waals surface area contributed by atoms with E-state index in [2.05, 4.69) is 24.3 Å². The van der Waals surface area contributed by atoms with Crippen LogP contribution in [0.15, 0.2) is 24.3 Å². The van der Waals surface area contributed by atoms with E-state index < -0.39 is 6.10 Å². The van der Waals surface area contributed by atoms with Crippen molar-refractivity contribution in [2.45, 2.75) is 44.3 Å². The molecule has 0 radical (unpaired) electrons. The maximum atomic E-state index is 12.1. The lowest BCUT2D eigenvalue weighted by Crippen LogP contribution is -2.49. The number of hydrogen-bond acceptors (Lipinski definition) is 5. The van der Waals surface area contributed by atoms with Gasteiger partial charge in [-0.05, 0) is 67.1 Å². The number of thiophene rings is 1. The van der Waals surface area contributed by atoms with Crippen molar-refractivity contribution in [1.29, 1.82) is 0 Å². The first-order chi connectivity index (χ1) is 13.6. The number of carbonyl (C=O) groups is 1. The smallest absolute Gasteiger partial charge is 0.251 e. The van der Waals surface area contributed by atoms with Crippen LogP contribution in [0.25, 0.3) is 10.4 Å². The Kier molecular flexibility index (Phi) is 4.45. The number of rotatable bonds is 2. The molecule has 1 aromatic carbocycles. The Morgan fingerprint density at radius 2 is 1.96 bits per heavy atom. The Morgan fingerprint density at radius 3 is 2.75 bits per heavy atom. The topological polar surface area (TPSA) is 59.0 Å². The van der Waals surface area contributed by atoms with Gasteiger partial charge >= 0.3 is 0 Å². The molecule has 28 heavy (non-hydrogen) atoms. The predicted octanol–water partition coefficient (Wildman–Crippen LogP) is 3.12. The molecule has 1 N–H and O–H groups in total. The van der Waals surface area contributed by atoms with Gasteiger partial charge < -0.3 is 19.5 Å². The van der Waals surface area contributed by atoms with E-state index in [-0.39, 0.29) is 11.5 Å². The van der Waals surface area contributed by atoms with Crippen LogP contribution in [0.5, 0.6) is 5.75 Å². The van der Waals surface area contributed by atoms with Crippen LogP contribution in [0.4, 0.5) is 0 Å². The summed E-state index contributed by atoms with van der Waals surface area (Å²) in [5.41, 5.74) is 3.64. The van der Waals surface area contributed by atoms with Crippen molar-refractivity contribution in [3.63, 3.8) is 0 Å². The van der Waals surface area contributed by atoms with Crippen molar-refractivity contribution in [1.82, 2.24) is 4.90 Å². The maximum Gasteiger partial charge on any atom is 0.251 e. The van der Waals surface area contributed by atoms with Crippen molar-refractivity contribution in [2.75, 3.05) is 26.3 Å². The molecule has 0 saturated carbocycles. The van der Waals surface area contributed by atoms with Crippen molar-refractivity contribution in [3.8, 4) is 16.2 Å². The van der Waals surface area contributed by atoms with E-state index >= 15 is 0 Å². The van der Waals surface area contributed by atoms with Crippen LogP contribution in [0.2, 0.25) is 0 Å². The molecule has 3 aliphatic heterocycles. The Balaban J connectivity index is 1.43. The number of likely N-dealkylation sites (tertiary alicyclic amines) is 1. The second-order valence-corrected chi connectivity index (χ2v) is 9.03.